The fraction of sp³-hybridized carbons (Fsp3) is 0.375. The molecule has 102 valence electrons. The smallest absolute Gasteiger partial charge is 0.0368 e. The molecule has 0 spiro atoms. The third-order valence-corrected chi connectivity index (χ3v) is 4.99. The lowest BCUT2D eigenvalue weighted by molar-refractivity contribution is 0.553. The van der Waals surface area contributed by atoms with Crippen molar-refractivity contribution in [1.29, 1.82) is 0 Å². The number of likely N-dealkylation sites (N-methyl/N-ethyl adjacent to an activating group) is 1. The molecule has 0 aliphatic heterocycles. The van der Waals surface area contributed by atoms with E-state index in [1.807, 2.05) is 11.3 Å². The van der Waals surface area contributed by atoms with Gasteiger partial charge in [-0.15, -0.1) is 11.3 Å². The highest BCUT2D eigenvalue weighted by Gasteiger charge is 2.12. The van der Waals surface area contributed by atoms with E-state index in [2.05, 4.69) is 70.8 Å². The van der Waals surface area contributed by atoms with E-state index in [4.69, 9.17) is 0 Å². The van der Waals surface area contributed by atoms with Crippen molar-refractivity contribution >= 4 is 27.3 Å². The first-order valence-corrected chi connectivity index (χ1v) is 8.45. The molecule has 0 amide bonds. The first-order chi connectivity index (χ1) is 9.22. The van der Waals surface area contributed by atoms with Crippen LogP contribution in [0.25, 0.3) is 0 Å². The highest BCUT2D eigenvalue weighted by molar-refractivity contribution is 9.10. The average molecular weight is 338 g/mol. The van der Waals surface area contributed by atoms with Crippen molar-refractivity contribution in [2.45, 2.75) is 32.7 Å². The predicted molar refractivity (Wildman–Crippen MR) is 88.0 cm³/mol. The summed E-state index contributed by atoms with van der Waals surface area (Å²) in [4.78, 5) is 1.41. The monoisotopic (exact) mass is 337 g/mol. The Kier molecular flexibility index (Phi) is 5.61. The number of aryl methyl sites for hydroxylation is 1. The number of benzene rings is 1. The standard InChI is InChI=1S/C16H20BrNS/c1-3-12-5-7-13(8-6-12)16(18-4-2)10-15-9-14(17)11-19-15/h5-9,11,16,18H,3-4,10H2,1-2H3. The number of nitrogens with one attached hydrogen (secondary N) is 1. The molecular formula is C16H20BrNS. The van der Waals surface area contributed by atoms with Gasteiger partial charge in [-0.2, -0.15) is 0 Å². The van der Waals surface area contributed by atoms with Crippen LogP contribution in [-0.4, -0.2) is 6.54 Å². The minimum atomic E-state index is 0.404. The first-order valence-electron chi connectivity index (χ1n) is 6.78. The van der Waals surface area contributed by atoms with Gasteiger partial charge in [0.15, 0.2) is 0 Å². The molecule has 0 saturated heterocycles. The molecule has 3 heteroatoms. The Hall–Kier alpha value is -0.640. The highest BCUT2D eigenvalue weighted by atomic mass is 79.9. The molecule has 1 aromatic carbocycles. The van der Waals surface area contributed by atoms with Crippen LogP contribution in [0, 0.1) is 0 Å². The largest absolute Gasteiger partial charge is 0.310 e. The number of hydrogen-bond acceptors (Lipinski definition) is 2. The second-order valence-electron chi connectivity index (χ2n) is 4.64. The van der Waals surface area contributed by atoms with Crippen LogP contribution < -0.4 is 5.32 Å². The van der Waals surface area contributed by atoms with Crippen LogP contribution in [0.15, 0.2) is 40.2 Å². The average Bonchev–Trinajstić information content (AvgIpc) is 2.84. The maximum Gasteiger partial charge on any atom is 0.0368 e. The van der Waals surface area contributed by atoms with Gasteiger partial charge in [0.1, 0.15) is 0 Å². The van der Waals surface area contributed by atoms with Gasteiger partial charge in [0.05, 0.1) is 0 Å². The Balaban J connectivity index is 2.13. The zero-order valence-corrected chi connectivity index (χ0v) is 13.9. The van der Waals surface area contributed by atoms with Gasteiger partial charge < -0.3 is 5.32 Å². The van der Waals surface area contributed by atoms with Crippen molar-refractivity contribution in [3.8, 4) is 0 Å². The summed E-state index contributed by atoms with van der Waals surface area (Å²) >= 11 is 5.35. The molecule has 0 radical (unpaired) electrons. The molecule has 0 fully saturated rings. The molecule has 2 rings (SSSR count). The molecule has 1 atom stereocenters. The lowest BCUT2D eigenvalue weighted by Crippen LogP contribution is -2.22. The van der Waals surface area contributed by atoms with E-state index in [9.17, 15) is 0 Å². The van der Waals surface area contributed by atoms with E-state index >= 15 is 0 Å². The molecule has 1 N–H and O–H groups in total. The normalized spacial score (nSPS) is 12.6. The lowest BCUT2D eigenvalue weighted by Gasteiger charge is -2.18. The fourth-order valence-corrected chi connectivity index (χ4v) is 3.70. The van der Waals surface area contributed by atoms with Crippen LogP contribution in [0.1, 0.15) is 35.9 Å². The van der Waals surface area contributed by atoms with Gasteiger partial charge in [-0.1, -0.05) is 38.1 Å². The van der Waals surface area contributed by atoms with Crippen molar-refractivity contribution in [3.05, 3.63) is 56.2 Å². The second kappa shape index (κ2) is 7.22. The zero-order valence-electron chi connectivity index (χ0n) is 11.4. The quantitative estimate of drug-likeness (QED) is 0.784. The third-order valence-electron chi connectivity index (χ3n) is 3.27. The molecule has 1 nitrogen and oxygen atoms in total. The summed E-state index contributed by atoms with van der Waals surface area (Å²) < 4.78 is 1.18. The van der Waals surface area contributed by atoms with Gasteiger partial charge in [-0.05, 0) is 46.1 Å². The molecule has 2 aromatic rings. The minimum Gasteiger partial charge on any atom is -0.310 e. The first kappa shape index (κ1) is 14.8. The maximum atomic E-state index is 3.59. The molecule has 19 heavy (non-hydrogen) atoms. The van der Waals surface area contributed by atoms with E-state index in [-0.39, 0.29) is 0 Å². The minimum absolute atomic E-state index is 0.404. The Morgan fingerprint density at radius 1 is 1.21 bits per heavy atom. The Morgan fingerprint density at radius 3 is 2.47 bits per heavy atom. The van der Waals surface area contributed by atoms with Gasteiger partial charge in [-0.3, -0.25) is 0 Å². The van der Waals surface area contributed by atoms with Crippen molar-refractivity contribution in [2.75, 3.05) is 6.54 Å². The van der Waals surface area contributed by atoms with E-state index in [0.717, 1.165) is 19.4 Å². The van der Waals surface area contributed by atoms with Crippen LogP contribution in [0.4, 0.5) is 0 Å². The molecule has 0 aliphatic rings. The summed E-state index contributed by atoms with van der Waals surface area (Å²) in [6, 6.07) is 11.6. The van der Waals surface area contributed by atoms with E-state index in [0.29, 0.717) is 6.04 Å². The Morgan fingerprint density at radius 2 is 1.95 bits per heavy atom. The van der Waals surface area contributed by atoms with Gasteiger partial charge in [0.2, 0.25) is 0 Å². The van der Waals surface area contributed by atoms with Gasteiger partial charge in [0.25, 0.3) is 0 Å². The van der Waals surface area contributed by atoms with Crippen LogP contribution in [0.5, 0.6) is 0 Å². The fourth-order valence-electron chi connectivity index (χ4n) is 2.20. The molecule has 1 heterocycles. The van der Waals surface area contributed by atoms with Crippen LogP contribution in [-0.2, 0) is 12.8 Å². The van der Waals surface area contributed by atoms with Crippen molar-refractivity contribution in [2.24, 2.45) is 0 Å². The molecule has 0 bridgehead atoms. The lowest BCUT2D eigenvalue weighted by atomic mass is 10.0. The molecule has 1 unspecified atom stereocenters. The van der Waals surface area contributed by atoms with Gasteiger partial charge in [0, 0.05) is 27.2 Å². The van der Waals surface area contributed by atoms with Crippen LogP contribution >= 0.6 is 27.3 Å². The predicted octanol–water partition coefficient (Wildman–Crippen LogP) is 4.97. The Bertz CT molecular complexity index is 504. The number of hydrogen-bond donors (Lipinski definition) is 1. The molecule has 0 saturated carbocycles. The molecule has 0 aliphatic carbocycles. The Labute approximate surface area is 128 Å². The van der Waals surface area contributed by atoms with E-state index < -0.39 is 0 Å². The summed E-state index contributed by atoms with van der Waals surface area (Å²) in [6.45, 7) is 5.35. The summed E-state index contributed by atoms with van der Waals surface area (Å²) in [5.41, 5.74) is 2.78. The number of rotatable bonds is 6. The summed E-state index contributed by atoms with van der Waals surface area (Å²) in [5.74, 6) is 0. The third kappa shape index (κ3) is 4.16. The summed E-state index contributed by atoms with van der Waals surface area (Å²) in [7, 11) is 0. The van der Waals surface area contributed by atoms with E-state index in [1.54, 1.807) is 0 Å². The summed E-state index contributed by atoms with van der Waals surface area (Å²) in [6.07, 6.45) is 2.15. The topological polar surface area (TPSA) is 12.0 Å². The van der Waals surface area contributed by atoms with Crippen molar-refractivity contribution < 1.29 is 0 Å². The van der Waals surface area contributed by atoms with Crippen LogP contribution in [0.2, 0.25) is 0 Å². The van der Waals surface area contributed by atoms with Crippen molar-refractivity contribution in [3.63, 3.8) is 0 Å². The molecule has 1 aromatic heterocycles. The number of halogens is 1. The van der Waals surface area contributed by atoms with Gasteiger partial charge in [-0.25, -0.2) is 0 Å². The SMILES string of the molecule is CCNC(Cc1cc(Br)cs1)c1ccc(CC)cc1. The van der Waals surface area contributed by atoms with Crippen LogP contribution in [0.3, 0.4) is 0 Å². The van der Waals surface area contributed by atoms with Gasteiger partial charge >= 0.3 is 0 Å². The zero-order chi connectivity index (χ0) is 13.7. The van der Waals surface area contributed by atoms with E-state index in [1.165, 1.54) is 20.5 Å². The highest BCUT2D eigenvalue weighted by Crippen LogP contribution is 2.25. The molecular weight excluding hydrogens is 318 g/mol. The second-order valence-corrected chi connectivity index (χ2v) is 6.55. The maximum absolute atomic E-state index is 3.59. The number of thiophene rings is 1. The summed E-state index contributed by atoms with van der Waals surface area (Å²) in [5, 5.41) is 5.74. The van der Waals surface area contributed by atoms with Crippen molar-refractivity contribution in [1.82, 2.24) is 5.32 Å².